The van der Waals surface area contributed by atoms with E-state index in [2.05, 4.69) is 43.4 Å². The predicted molar refractivity (Wildman–Crippen MR) is 117 cm³/mol. The number of aromatic nitrogens is 4. The Morgan fingerprint density at radius 3 is 2.66 bits per heavy atom. The molecule has 3 aromatic heterocycles. The van der Waals surface area contributed by atoms with E-state index >= 15 is 0 Å². The van der Waals surface area contributed by atoms with Crippen molar-refractivity contribution in [2.75, 3.05) is 24.1 Å². The zero-order valence-electron chi connectivity index (χ0n) is 15.9. The summed E-state index contributed by atoms with van der Waals surface area (Å²) in [5.74, 6) is 1.10. The second-order valence-corrected chi connectivity index (χ2v) is 8.22. The van der Waals surface area contributed by atoms with Crippen molar-refractivity contribution in [1.29, 1.82) is 0 Å². The molecule has 1 fully saturated rings. The number of nitrogens with zero attached hydrogens (tertiary/aromatic N) is 5. The van der Waals surface area contributed by atoms with Crippen LogP contribution in [0.5, 0.6) is 0 Å². The lowest BCUT2D eigenvalue weighted by molar-refractivity contribution is 0.331. The fraction of sp³-hybridized carbons (Fsp3) is 0.238. The van der Waals surface area contributed by atoms with Gasteiger partial charge in [0.2, 0.25) is 5.95 Å². The quantitative estimate of drug-likeness (QED) is 0.519. The number of benzene rings is 1. The number of nitrogens with two attached hydrogens (primary N) is 1. The maximum Gasteiger partial charge on any atom is 0.219 e. The van der Waals surface area contributed by atoms with Crippen LogP contribution in [0.25, 0.3) is 21.3 Å². The van der Waals surface area contributed by atoms with Gasteiger partial charge in [-0.05, 0) is 61.3 Å². The first-order chi connectivity index (χ1) is 14.2. The van der Waals surface area contributed by atoms with E-state index in [9.17, 15) is 0 Å². The zero-order chi connectivity index (χ0) is 19.6. The van der Waals surface area contributed by atoms with E-state index in [4.69, 9.17) is 10.7 Å². The number of hydrogen-bond donors (Lipinski definition) is 2. The third-order valence-corrected chi connectivity index (χ3v) is 5.99. The average molecular weight is 404 g/mol. The van der Waals surface area contributed by atoms with Gasteiger partial charge in [-0.2, -0.15) is 0 Å². The van der Waals surface area contributed by atoms with Crippen LogP contribution in [-0.4, -0.2) is 37.9 Å². The first-order valence-electron chi connectivity index (χ1n) is 9.66. The molecule has 4 aromatic rings. The summed E-state index contributed by atoms with van der Waals surface area (Å²) in [6.45, 7) is 3.35. The molecule has 1 aliphatic rings. The van der Waals surface area contributed by atoms with E-state index in [1.54, 1.807) is 23.7 Å². The minimum absolute atomic E-state index is 0.276. The lowest BCUT2D eigenvalue weighted by Gasteiger charge is -2.14. The van der Waals surface area contributed by atoms with Crippen LogP contribution in [0.3, 0.4) is 0 Å². The van der Waals surface area contributed by atoms with Crippen LogP contribution in [0.2, 0.25) is 0 Å². The topological polar surface area (TPSA) is 92.8 Å². The predicted octanol–water partition coefficient (Wildman–Crippen LogP) is 4.07. The standard InChI is InChI=1S/C21H21N7S/c22-20-24-11-16(12-25-20)15-3-4-17-18(10-15)29-21(26-17)27-19-9-14(5-6-23-19)13-28-7-1-2-8-28/h3-6,9-12H,1-2,7-8,13H2,(H2,22,24,25)(H,23,26,27). The molecule has 0 aliphatic carbocycles. The molecule has 146 valence electrons. The van der Waals surface area contributed by atoms with Crippen molar-refractivity contribution >= 4 is 38.5 Å². The maximum atomic E-state index is 5.58. The van der Waals surface area contributed by atoms with Gasteiger partial charge in [0.1, 0.15) is 5.82 Å². The van der Waals surface area contributed by atoms with Gasteiger partial charge in [-0.1, -0.05) is 17.4 Å². The van der Waals surface area contributed by atoms with Gasteiger partial charge in [0.15, 0.2) is 5.13 Å². The first-order valence-corrected chi connectivity index (χ1v) is 10.5. The minimum atomic E-state index is 0.276. The Morgan fingerprint density at radius 2 is 1.83 bits per heavy atom. The Morgan fingerprint density at radius 1 is 1.00 bits per heavy atom. The molecule has 0 atom stereocenters. The molecule has 4 heterocycles. The minimum Gasteiger partial charge on any atom is -0.368 e. The van der Waals surface area contributed by atoms with Crippen LogP contribution in [0.1, 0.15) is 18.4 Å². The molecule has 0 unspecified atom stereocenters. The Bertz CT molecular complexity index is 1130. The Balaban J connectivity index is 1.36. The highest BCUT2D eigenvalue weighted by Gasteiger charge is 2.12. The monoisotopic (exact) mass is 403 g/mol. The average Bonchev–Trinajstić information content (AvgIpc) is 3.37. The molecule has 29 heavy (non-hydrogen) atoms. The second kappa shape index (κ2) is 7.73. The van der Waals surface area contributed by atoms with Crippen molar-refractivity contribution in [3.05, 3.63) is 54.5 Å². The number of rotatable bonds is 5. The van der Waals surface area contributed by atoms with Crippen LogP contribution < -0.4 is 11.1 Å². The molecule has 3 N–H and O–H groups in total. The Kier molecular flexibility index (Phi) is 4.79. The van der Waals surface area contributed by atoms with Gasteiger partial charge in [-0.25, -0.2) is 19.9 Å². The Hall–Kier alpha value is -3.10. The molecule has 1 saturated heterocycles. The van der Waals surface area contributed by atoms with Gasteiger partial charge in [0.05, 0.1) is 10.2 Å². The molecule has 8 heteroatoms. The molecular weight excluding hydrogens is 382 g/mol. The van der Waals surface area contributed by atoms with Gasteiger partial charge in [-0.3, -0.25) is 4.90 Å². The first kappa shape index (κ1) is 18.0. The van der Waals surface area contributed by atoms with Gasteiger partial charge in [0, 0.05) is 30.7 Å². The summed E-state index contributed by atoms with van der Waals surface area (Å²) in [6.07, 6.45) is 7.93. The largest absolute Gasteiger partial charge is 0.368 e. The molecule has 0 bridgehead atoms. The molecule has 5 rings (SSSR count). The number of hydrogen-bond acceptors (Lipinski definition) is 8. The van der Waals surface area contributed by atoms with Crippen molar-refractivity contribution in [1.82, 2.24) is 24.8 Å². The van der Waals surface area contributed by atoms with E-state index in [0.717, 1.165) is 38.8 Å². The van der Waals surface area contributed by atoms with E-state index in [-0.39, 0.29) is 5.95 Å². The second-order valence-electron chi connectivity index (χ2n) is 7.19. The number of pyridine rings is 1. The van der Waals surface area contributed by atoms with Gasteiger partial charge < -0.3 is 11.1 Å². The normalized spacial score (nSPS) is 14.5. The summed E-state index contributed by atoms with van der Waals surface area (Å²) < 4.78 is 1.09. The highest BCUT2D eigenvalue weighted by atomic mass is 32.1. The van der Waals surface area contributed by atoms with Crippen molar-refractivity contribution < 1.29 is 0 Å². The SMILES string of the molecule is Nc1ncc(-c2ccc3nc(Nc4cc(CN5CCCC5)ccn4)sc3c2)cn1. The van der Waals surface area contributed by atoms with Crippen molar-refractivity contribution in [2.45, 2.75) is 19.4 Å². The summed E-state index contributed by atoms with van der Waals surface area (Å²) in [5, 5.41) is 4.19. The fourth-order valence-electron chi connectivity index (χ4n) is 3.59. The van der Waals surface area contributed by atoms with Crippen LogP contribution >= 0.6 is 11.3 Å². The smallest absolute Gasteiger partial charge is 0.219 e. The van der Waals surface area contributed by atoms with Crippen LogP contribution in [-0.2, 0) is 6.54 Å². The molecule has 0 amide bonds. The van der Waals surface area contributed by atoms with E-state index in [1.165, 1.54) is 31.5 Å². The van der Waals surface area contributed by atoms with Gasteiger partial charge >= 0.3 is 0 Å². The number of likely N-dealkylation sites (tertiary alicyclic amines) is 1. The van der Waals surface area contributed by atoms with E-state index < -0.39 is 0 Å². The molecule has 1 aromatic carbocycles. The number of nitrogen functional groups attached to an aromatic ring is 1. The van der Waals surface area contributed by atoms with E-state index in [0.29, 0.717) is 0 Å². The molecule has 1 aliphatic heterocycles. The van der Waals surface area contributed by atoms with Crippen LogP contribution in [0.15, 0.2) is 48.9 Å². The summed E-state index contributed by atoms with van der Waals surface area (Å²) >= 11 is 1.60. The van der Waals surface area contributed by atoms with Crippen molar-refractivity contribution in [3.8, 4) is 11.1 Å². The van der Waals surface area contributed by atoms with Crippen LogP contribution in [0.4, 0.5) is 16.9 Å². The summed E-state index contributed by atoms with van der Waals surface area (Å²) in [7, 11) is 0. The number of thiazole rings is 1. The number of anilines is 3. The van der Waals surface area contributed by atoms with Crippen molar-refractivity contribution in [2.24, 2.45) is 0 Å². The molecule has 0 spiro atoms. The molecule has 0 radical (unpaired) electrons. The summed E-state index contributed by atoms with van der Waals surface area (Å²) in [6, 6.07) is 10.3. The molecule has 7 nitrogen and oxygen atoms in total. The highest BCUT2D eigenvalue weighted by Crippen LogP contribution is 2.31. The lowest BCUT2D eigenvalue weighted by Crippen LogP contribution is -2.18. The molecular formula is C21H21N7S. The lowest BCUT2D eigenvalue weighted by atomic mass is 10.1. The summed E-state index contributed by atoms with van der Waals surface area (Å²) in [5.41, 5.74) is 9.78. The third kappa shape index (κ3) is 4.03. The van der Waals surface area contributed by atoms with Crippen LogP contribution in [0, 0.1) is 0 Å². The zero-order valence-corrected chi connectivity index (χ0v) is 16.7. The highest BCUT2D eigenvalue weighted by molar-refractivity contribution is 7.22. The summed E-state index contributed by atoms with van der Waals surface area (Å²) in [4.78, 5) is 19.8. The number of nitrogens with one attached hydrogen (secondary N) is 1. The fourth-order valence-corrected chi connectivity index (χ4v) is 4.51. The maximum absolute atomic E-state index is 5.58. The van der Waals surface area contributed by atoms with Gasteiger partial charge in [0.25, 0.3) is 0 Å². The number of fused-ring (bicyclic) bond motifs is 1. The molecule has 0 saturated carbocycles. The Labute approximate surface area is 172 Å². The van der Waals surface area contributed by atoms with E-state index in [1.807, 2.05) is 18.3 Å². The third-order valence-electron chi connectivity index (χ3n) is 5.06. The van der Waals surface area contributed by atoms with Gasteiger partial charge in [-0.15, -0.1) is 0 Å². The van der Waals surface area contributed by atoms with Crippen molar-refractivity contribution in [3.63, 3.8) is 0 Å².